The number of carbonyl (C=O) groups is 1. The molecule has 1 aliphatic carbocycles. The van der Waals surface area contributed by atoms with Crippen LogP contribution in [-0.4, -0.2) is 33.7 Å². The van der Waals surface area contributed by atoms with Gasteiger partial charge in [0.15, 0.2) is 5.78 Å². The summed E-state index contributed by atoms with van der Waals surface area (Å²) in [4.78, 5) is 13.6. The van der Waals surface area contributed by atoms with Crippen molar-refractivity contribution >= 4 is 28.0 Å². The quantitative estimate of drug-likeness (QED) is 0.543. The number of thioether (sulfide) groups is 1. The Kier molecular flexibility index (Phi) is 7.21. The Balaban J connectivity index is 2.82. The number of unbranched alkanes of at least 4 members (excludes halogenated alkanes) is 3. The van der Waals surface area contributed by atoms with E-state index in [-0.39, 0.29) is 29.1 Å². The Bertz CT molecular complexity index is 428. The highest BCUT2D eigenvalue weighted by atomic mass is 32.2. The molecule has 3 nitrogen and oxygen atoms in total. The maximum atomic E-state index is 12.7. The molecule has 0 aromatic heterocycles. The van der Waals surface area contributed by atoms with Gasteiger partial charge < -0.3 is 9.53 Å². The summed E-state index contributed by atoms with van der Waals surface area (Å²) < 4.78 is 5.85. The van der Waals surface area contributed by atoms with Crippen LogP contribution in [0.25, 0.3) is 0 Å². The van der Waals surface area contributed by atoms with Gasteiger partial charge >= 0.3 is 0 Å². The molecule has 2 unspecified atom stereocenters. The van der Waals surface area contributed by atoms with Crippen LogP contribution in [0.4, 0.5) is 0 Å². The molecule has 1 aliphatic rings. The van der Waals surface area contributed by atoms with Crippen LogP contribution in [0.5, 0.6) is 0 Å². The van der Waals surface area contributed by atoms with Crippen LogP contribution in [0.1, 0.15) is 60.3 Å². The molecule has 0 saturated heterocycles. The fourth-order valence-corrected chi connectivity index (χ4v) is 5.25. The van der Waals surface area contributed by atoms with E-state index in [1.165, 1.54) is 0 Å². The van der Waals surface area contributed by atoms with Crippen LogP contribution < -0.4 is 0 Å². The average molecular weight is 345 g/mol. The van der Waals surface area contributed by atoms with Crippen LogP contribution in [0.3, 0.4) is 0 Å². The molecular formula is C17H32O3SSi. The molecule has 0 aromatic carbocycles. The SMILES string of the molecule is CC1C(=O)C(SCCCCCCO)=C(O[SiH3])C1(C)C(C)(C)C. The number of ketones is 1. The molecule has 0 spiro atoms. The van der Waals surface area contributed by atoms with E-state index in [4.69, 9.17) is 9.53 Å². The van der Waals surface area contributed by atoms with Crippen LogP contribution in [0, 0.1) is 16.7 Å². The fraction of sp³-hybridized carbons (Fsp3) is 0.824. The summed E-state index contributed by atoms with van der Waals surface area (Å²) in [6.45, 7) is 11.1. The van der Waals surface area contributed by atoms with Gasteiger partial charge in [0.2, 0.25) is 10.5 Å². The molecule has 1 rings (SSSR count). The predicted molar refractivity (Wildman–Crippen MR) is 97.8 cm³/mol. The van der Waals surface area contributed by atoms with Crippen molar-refractivity contribution in [3.05, 3.63) is 10.7 Å². The molecule has 0 aromatic rings. The van der Waals surface area contributed by atoms with Crippen LogP contribution in [0.15, 0.2) is 10.7 Å². The van der Waals surface area contributed by atoms with Crippen molar-refractivity contribution in [2.24, 2.45) is 16.7 Å². The van der Waals surface area contributed by atoms with Crippen LogP contribution >= 0.6 is 11.8 Å². The molecular weight excluding hydrogens is 312 g/mol. The Hall–Kier alpha value is -0.263. The predicted octanol–water partition coefficient (Wildman–Crippen LogP) is 3.05. The third-order valence-electron chi connectivity index (χ3n) is 5.22. The van der Waals surface area contributed by atoms with E-state index in [1.54, 1.807) is 11.8 Å². The van der Waals surface area contributed by atoms with Gasteiger partial charge in [-0.25, -0.2) is 0 Å². The highest BCUT2D eigenvalue weighted by molar-refractivity contribution is 8.04. The van der Waals surface area contributed by atoms with Crippen molar-refractivity contribution in [3.8, 4) is 0 Å². The zero-order chi connectivity index (χ0) is 17.0. The highest BCUT2D eigenvalue weighted by Crippen LogP contribution is 2.57. The molecule has 0 bridgehead atoms. The van der Waals surface area contributed by atoms with Gasteiger partial charge in [-0.1, -0.05) is 47.5 Å². The minimum atomic E-state index is -0.217. The summed E-state index contributed by atoms with van der Waals surface area (Å²) in [7, 11) is 0.617. The van der Waals surface area contributed by atoms with Gasteiger partial charge in [-0.15, -0.1) is 11.8 Å². The van der Waals surface area contributed by atoms with Crippen molar-refractivity contribution in [1.82, 2.24) is 0 Å². The Morgan fingerprint density at radius 2 is 1.86 bits per heavy atom. The molecule has 0 aliphatic heterocycles. The first-order valence-electron chi connectivity index (χ1n) is 8.28. The van der Waals surface area contributed by atoms with E-state index in [1.807, 2.05) is 6.92 Å². The van der Waals surface area contributed by atoms with E-state index in [9.17, 15) is 4.79 Å². The number of allylic oxidation sites excluding steroid dienone is 2. The number of carbonyl (C=O) groups excluding carboxylic acids is 1. The molecule has 0 saturated carbocycles. The molecule has 0 amide bonds. The number of hydrogen-bond acceptors (Lipinski definition) is 4. The highest BCUT2D eigenvalue weighted by Gasteiger charge is 2.55. The van der Waals surface area contributed by atoms with Crippen LogP contribution in [-0.2, 0) is 9.22 Å². The summed E-state index contributed by atoms with van der Waals surface area (Å²) in [6.07, 6.45) is 4.12. The molecule has 0 heterocycles. The number of hydrogen-bond donors (Lipinski definition) is 1. The first-order chi connectivity index (χ1) is 10.2. The van der Waals surface area contributed by atoms with E-state index in [2.05, 4.69) is 27.7 Å². The molecule has 5 heteroatoms. The summed E-state index contributed by atoms with van der Waals surface area (Å²) in [5.41, 5.74) is -0.226. The second-order valence-electron chi connectivity index (χ2n) is 7.39. The molecule has 22 heavy (non-hydrogen) atoms. The molecule has 1 N–H and O–H groups in total. The van der Waals surface area contributed by atoms with Crippen molar-refractivity contribution in [2.45, 2.75) is 60.3 Å². The first kappa shape index (κ1) is 19.8. The van der Waals surface area contributed by atoms with Gasteiger partial charge in [-0.05, 0) is 24.0 Å². The van der Waals surface area contributed by atoms with Crippen molar-refractivity contribution < 1.29 is 14.3 Å². The number of Topliss-reactive ketones (excluding diaryl/α,β-unsaturated/α-hetero) is 1. The summed E-state index contributed by atoms with van der Waals surface area (Å²) >= 11 is 1.67. The Labute approximate surface area is 142 Å². The lowest BCUT2D eigenvalue weighted by Gasteiger charge is -2.43. The zero-order valence-electron chi connectivity index (χ0n) is 15.0. The minimum absolute atomic E-state index is 0.00867. The minimum Gasteiger partial charge on any atom is -0.555 e. The molecule has 0 fully saturated rings. The van der Waals surface area contributed by atoms with E-state index < -0.39 is 0 Å². The molecule has 128 valence electrons. The van der Waals surface area contributed by atoms with Gasteiger partial charge in [0, 0.05) is 17.9 Å². The van der Waals surface area contributed by atoms with Crippen molar-refractivity contribution in [1.29, 1.82) is 0 Å². The largest absolute Gasteiger partial charge is 0.555 e. The topological polar surface area (TPSA) is 46.5 Å². The first-order valence-corrected chi connectivity index (χ1v) is 10.1. The lowest BCUT2D eigenvalue weighted by molar-refractivity contribution is -0.121. The van der Waals surface area contributed by atoms with Gasteiger partial charge in [-0.2, -0.15) is 0 Å². The maximum absolute atomic E-state index is 12.7. The fourth-order valence-electron chi connectivity index (χ4n) is 3.18. The maximum Gasteiger partial charge on any atom is 0.203 e. The molecule has 0 radical (unpaired) electrons. The Morgan fingerprint density at radius 1 is 1.27 bits per heavy atom. The van der Waals surface area contributed by atoms with E-state index in [0.29, 0.717) is 10.5 Å². The lowest BCUT2D eigenvalue weighted by Crippen LogP contribution is -2.39. The van der Waals surface area contributed by atoms with Crippen LogP contribution in [0.2, 0.25) is 0 Å². The second kappa shape index (κ2) is 8.02. The van der Waals surface area contributed by atoms with Crippen molar-refractivity contribution in [3.63, 3.8) is 0 Å². The number of aliphatic hydroxyl groups is 1. The van der Waals surface area contributed by atoms with E-state index >= 15 is 0 Å². The third kappa shape index (κ3) is 3.79. The zero-order valence-corrected chi connectivity index (χ0v) is 17.8. The number of rotatable bonds is 8. The standard InChI is InChI=1S/C17H32O3SSi/c1-12-13(19)14(21-11-9-7-6-8-10-18)15(20-22)17(12,5)16(2,3)4/h12,18H,6-11H2,1-5,22H3. The Morgan fingerprint density at radius 3 is 2.36 bits per heavy atom. The summed E-state index contributed by atoms with van der Waals surface area (Å²) in [6, 6.07) is 0. The smallest absolute Gasteiger partial charge is 0.203 e. The number of aliphatic hydroxyl groups excluding tert-OH is 1. The summed E-state index contributed by atoms with van der Waals surface area (Å²) in [5, 5.41) is 8.79. The third-order valence-corrected chi connectivity index (χ3v) is 6.80. The summed E-state index contributed by atoms with van der Waals surface area (Å²) in [5.74, 6) is 2.12. The van der Waals surface area contributed by atoms with Gasteiger partial charge in [-0.3, -0.25) is 4.79 Å². The van der Waals surface area contributed by atoms with Gasteiger partial charge in [0.1, 0.15) is 5.76 Å². The van der Waals surface area contributed by atoms with Crippen molar-refractivity contribution in [2.75, 3.05) is 12.4 Å². The lowest BCUT2D eigenvalue weighted by atomic mass is 9.62. The monoisotopic (exact) mass is 344 g/mol. The second-order valence-corrected chi connectivity index (χ2v) is 8.90. The van der Waals surface area contributed by atoms with E-state index in [0.717, 1.165) is 42.1 Å². The normalized spacial score (nSPS) is 26.1. The average Bonchev–Trinajstić information content (AvgIpc) is 2.64. The molecule has 2 atom stereocenters. The van der Waals surface area contributed by atoms with Gasteiger partial charge in [0.05, 0.1) is 4.91 Å². The van der Waals surface area contributed by atoms with Gasteiger partial charge in [0.25, 0.3) is 0 Å².